The molecule has 2 aromatic carbocycles. The lowest BCUT2D eigenvalue weighted by molar-refractivity contribution is 0.340. The van der Waals surface area contributed by atoms with Crippen LogP contribution in [0.5, 0.6) is 17.2 Å². The highest BCUT2D eigenvalue weighted by Crippen LogP contribution is 2.34. The van der Waals surface area contributed by atoms with Crippen LogP contribution in [0.15, 0.2) is 42.5 Å². The first-order valence-electron chi connectivity index (χ1n) is 5.65. The Bertz CT molecular complexity index is 543. The smallest absolute Gasteiger partial charge is 0.154 e. The zero-order chi connectivity index (χ0) is 13.0. The standard InChI is InChI=1S/C14H14ClNO2/c1-2-17-12-7-4-8-13(14(12)16)18-11-6-3-5-10(15)9-11/h3-9H,2,16H2,1H3. The molecule has 0 saturated heterocycles. The van der Waals surface area contributed by atoms with Crippen LogP contribution in [0, 0.1) is 0 Å². The van der Waals surface area contributed by atoms with Crippen molar-refractivity contribution >= 4 is 17.3 Å². The quantitative estimate of drug-likeness (QED) is 0.844. The number of ether oxygens (including phenoxy) is 2. The van der Waals surface area contributed by atoms with Gasteiger partial charge in [-0.25, -0.2) is 0 Å². The van der Waals surface area contributed by atoms with Gasteiger partial charge in [-0.15, -0.1) is 0 Å². The van der Waals surface area contributed by atoms with Crippen molar-refractivity contribution in [3.8, 4) is 17.2 Å². The molecule has 0 unspecified atom stereocenters. The molecule has 3 nitrogen and oxygen atoms in total. The van der Waals surface area contributed by atoms with E-state index in [0.717, 1.165) is 0 Å². The predicted molar refractivity (Wildman–Crippen MR) is 73.5 cm³/mol. The first-order valence-corrected chi connectivity index (χ1v) is 6.03. The van der Waals surface area contributed by atoms with E-state index in [1.54, 1.807) is 18.2 Å². The van der Waals surface area contributed by atoms with Crippen LogP contribution in [0.4, 0.5) is 5.69 Å². The topological polar surface area (TPSA) is 44.5 Å². The van der Waals surface area contributed by atoms with Crippen LogP contribution >= 0.6 is 11.6 Å². The molecule has 94 valence electrons. The zero-order valence-corrected chi connectivity index (χ0v) is 10.8. The molecule has 0 bridgehead atoms. The van der Waals surface area contributed by atoms with Gasteiger partial charge in [0.1, 0.15) is 17.2 Å². The lowest BCUT2D eigenvalue weighted by Gasteiger charge is -2.12. The molecule has 0 saturated carbocycles. The number of nitrogen functional groups attached to an aromatic ring is 1. The van der Waals surface area contributed by atoms with Gasteiger partial charge in [0, 0.05) is 5.02 Å². The van der Waals surface area contributed by atoms with Gasteiger partial charge in [0.2, 0.25) is 0 Å². The molecule has 0 aromatic heterocycles. The highest BCUT2D eigenvalue weighted by atomic mass is 35.5. The maximum absolute atomic E-state index is 5.97. The van der Waals surface area contributed by atoms with E-state index in [-0.39, 0.29) is 0 Å². The van der Waals surface area contributed by atoms with Gasteiger partial charge in [0.15, 0.2) is 5.75 Å². The van der Waals surface area contributed by atoms with Crippen LogP contribution in [0.3, 0.4) is 0 Å². The van der Waals surface area contributed by atoms with Gasteiger partial charge in [-0.2, -0.15) is 0 Å². The summed E-state index contributed by atoms with van der Waals surface area (Å²) in [4.78, 5) is 0. The van der Waals surface area contributed by atoms with Gasteiger partial charge >= 0.3 is 0 Å². The highest BCUT2D eigenvalue weighted by Gasteiger charge is 2.07. The summed E-state index contributed by atoms with van der Waals surface area (Å²) in [5.41, 5.74) is 6.46. The van der Waals surface area contributed by atoms with E-state index < -0.39 is 0 Å². The van der Waals surface area contributed by atoms with Crippen molar-refractivity contribution < 1.29 is 9.47 Å². The minimum Gasteiger partial charge on any atom is -0.492 e. The van der Waals surface area contributed by atoms with Crippen LogP contribution in [0.2, 0.25) is 5.02 Å². The molecule has 0 aliphatic carbocycles. The number of hydrogen-bond donors (Lipinski definition) is 1. The van der Waals surface area contributed by atoms with Crippen LogP contribution in [0.25, 0.3) is 0 Å². The summed E-state index contributed by atoms with van der Waals surface area (Å²) < 4.78 is 11.1. The molecule has 0 aliphatic heterocycles. The molecule has 0 aliphatic rings. The molecule has 0 atom stereocenters. The fraction of sp³-hybridized carbons (Fsp3) is 0.143. The average molecular weight is 264 g/mol. The lowest BCUT2D eigenvalue weighted by Crippen LogP contribution is -1.98. The minimum absolute atomic E-state index is 0.485. The second-order valence-electron chi connectivity index (χ2n) is 3.66. The van der Waals surface area contributed by atoms with E-state index in [9.17, 15) is 0 Å². The number of rotatable bonds is 4. The number of para-hydroxylation sites is 1. The van der Waals surface area contributed by atoms with Gasteiger partial charge < -0.3 is 15.2 Å². The Hall–Kier alpha value is -1.87. The van der Waals surface area contributed by atoms with E-state index in [1.807, 2.05) is 31.2 Å². The number of nitrogens with two attached hydrogens (primary N) is 1. The van der Waals surface area contributed by atoms with Gasteiger partial charge in [-0.1, -0.05) is 23.7 Å². The van der Waals surface area contributed by atoms with Crippen LogP contribution in [-0.2, 0) is 0 Å². The van der Waals surface area contributed by atoms with Gasteiger partial charge in [-0.3, -0.25) is 0 Å². The van der Waals surface area contributed by atoms with E-state index in [1.165, 1.54) is 0 Å². The van der Waals surface area contributed by atoms with Gasteiger partial charge in [0.05, 0.1) is 6.61 Å². The summed E-state index contributed by atoms with van der Waals surface area (Å²) in [5, 5.41) is 0.618. The number of benzene rings is 2. The maximum atomic E-state index is 5.97. The van der Waals surface area contributed by atoms with E-state index in [4.69, 9.17) is 26.8 Å². The molecule has 2 aromatic rings. The predicted octanol–water partition coefficient (Wildman–Crippen LogP) is 4.11. The molecule has 0 radical (unpaired) electrons. The lowest BCUT2D eigenvalue weighted by atomic mass is 10.2. The number of anilines is 1. The third-order valence-corrected chi connectivity index (χ3v) is 2.58. The summed E-state index contributed by atoms with van der Waals surface area (Å²) in [7, 11) is 0. The fourth-order valence-corrected chi connectivity index (χ4v) is 1.73. The summed E-state index contributed by atoms with van der Waals surface area (Å²) in [6.45, 7) is 2.47. The largest absolute Gasteiger partial charge is 0.492 e. The van der Waals surface area contributed by atoms with Crippen molar-refractivity contribution in [2.75, 3.05) is 12.3 Å². The zero-order valence-electron chi connectivity index (χ0n) is 10.0. The van der Waals surface area contributed by atoms with Crippen LogP contribution < -0.4 is 15.2 Å². The number of hydrogen-bond acceptors (Lipinski definition) is 3. The SMILES string of the molecule is CCOc1cccc(Oc2cccc(Cl)c2)c1N. The van der Waals surface area contributed by atoms with Crippen molar-refractivity contribution in [2.45, 2.75) is 6.92 Å². The Morgan fingerprint density at radius 2 is 1.83 bits per heavy atom. The van der Waals surface area contributed by atoms with E-state index in [0.29, 0.717) is 34.6 Å². The molecule has 2 rings (SSSR count). The molecule has 0 fully saturated rings. The molecule has 18 heavy (non-hydrogen) atoms. The van der Waals surface area contributed by atoms with Crippen molar-refractivity contribution in [2.24, 2.45) is 0 Å². The summed E-state index contributed by atoms with van der Waals surface area (Å²) in [6.07, 6.45) is 0. The van der Waals surface area contributed by atoms with Crippen molar-refractivity contribution in [3.05, 3.63) is 47.5 Å². The van der Waals surface area contributed by atoms with Crippen molar-refractivity contribution in [1.82, 2.24) is 0 Å². The van der Waals surface area contributed by atoms with Crippen molar-refractivity contribution in [3.63, 3.8) is 0 Å². The molecular weight excluding hydrogens is 250 g/mol. The molecule has 0 amide bonds. The minimum atomic E-state index is 0.485. The van der Waals surface area contributed by atoms with E-state index >= 15 is 0 Å². The average Bonchev–Trinajstić information content (AvgIpc) is 2.35. The maximum Gasteiger partial charge on any atom is 0.154 e. The Morgan fingerprint density at radius 3 is 2.56 bits per heavy atom. The molecule has 4 heteroatoms. The molecule has 0 spiro atoms. The van der Waals surface area contributed by atoms with Crippen LogP contribution in [0.1, 0.15) is 6.92 Å². The summed E-state index contributed by atoms with van der Waals surface area (Å²) >= 11 is 5.90. The Morgan fingerprint density at radius 1 is 1.11 bits per heavy atom. The van der Waals surface area contributed by atoms with Crippen molar-refractivity contribution in [1.29, 1.82) is 0 Å². The second kappa shape index (κ2) is 5.65. The monoisotopic (exact) mass is 263 g/mol. The Labute approximate surface area is 111 Å². The third kappa shape index (κ3) is 2.87. The normalized spacial score (nSPS) is 10.1. The summed E-state index contributed by atoms with van der Waals surface area (Å²) in [6, 6.07) is 12.6. The molecule has 0 heterocycles. The Kier molecular flexibility index (Phi) is 3.95. The van der Waals surface area contributed by atoms with E-state index in [2.05, 4.69) is 0 Å². The van der Waals surface area contributed by atoms with Crippen LogP contribution in [-0.4, -0.2) is 6.61 Å². The first-order chi connectivity index (χ1) is 8.70. The number of halogens is 1. The van der Waals surface area contributed by atoms with Gasteiger partial charge in [0.25, 0.3) is 0 Å². The summed E-state index contributed by atoms with van der Waals surface area (Å²) in [5.74, 6) is 1.82. The first kappa shape index (κ1) is 12.6. The third-order valence-electron chi connectivity index (χ3n) is 2.35. The second-order valence-corrected chi connectivity index (χ2v) is 4.10. The van der Waals surface area contributed by atoms with Gasteiger partial charge in [-0.05, 0) is 37.3 Å². The Balaban J connectivity index is 2.26. The molecule has 2 N–H and O–H groups in total. The highest BCUT2D eigenvalue weighted by molar-refractivity contribution is 6.30. The fourth-order valence-electron chi connectivity index (χ4n) is 1.55. The molecular formula is C14H14ClNO2.